The van der Waals surface area contributed by atoms with E-state index in [1.165, 1.54) is 36.1 Å². The summed E-state index contributed by atoms with van der Waals surface area (Å²) >= 11 is 0. The summed E-state index contributed by atoms with van der Waals surface area (Å²) in [5, 5.41) is 6.84. The monoisotopic (exact) mass is 337 g/mol. The van der Waals surface area contributed by atoms with Crippen LogP contribution in [0.2, 0.25) is 0 Å². The van der Waals surface area contributed by atoms with Crippen molar-refractivity contribution in [1.82, 2.24) is 15.1 Å². The second-order valence-electron chi connectivity index (χ2n) is 6.20. The van der Waals surface area contributed by atoms with E-state index in [4.69, 9.17) is 9.47 Å². The van der Waals surface area contributed by atoms with Gasteiger partial charge in [-0.2, -0.15) is 5.10 Å². The molecule has 7 nitrogen and oxygen atoms in total. The molecule has 1 aromatic rings. The van der Waals surface area contributed by atoms with Crippen molar-refractivity contribution in [3.8, 4) is 0 Å². The molecule has 0 aliphatic heterocycles. The van der Waals surface area contributed by atoms with Gasteiger partial charge in [-0.15, -0.1) is 0 Å². The number of nitrogens with one attached hydrogen (secondary N) is 1. The Morgan fingerprint density at radius 1 is 1.33 bits per heavy atom. The van der Waals surface area contributed by atoms with Gasteiger partial charge in [0.2, 0.25) is 0 Å². The molecule has 0 unspecified atom stereocenters. The van der Waals surface area contributed by atoms with Gasteiger partial charge in [0, 0.05) is 19.7 Å². The summed E-state index contributed by atoms with van der Waals surface area (Å²) in [7, 11) is 1.55. The van der Waals surface area contributed by atoms with Crippen molar-refractivity contribution in [2.45, 2.75) is 45.3 Å². The molecular weight excluding hydrogens is 310 g/mol. The highest BCUT2D eigenvalue weighted by molar-refractivity contribution is 5.91. The van der Waals surface area contributed by atoms with Crippen LogP contribution >= 0.6 is 0 Å². The Balaban J connectivity index is 1.78. The summed E-state index contributed by atoms with van der Waals surface area (Å²) < 4.78 is 12.0. The first-order valence-corrected chi connectivity index (χ1v) is 8.58. The fourth-order valence-corrected chi connectivity index (χ4v) is 2.90. The number of carbonyl (C=O) groups excluding carboxylic acids is 1. The number of nitrogens with zero attached hydrogens (tertiary/aromatic N) is 2. The molecule has 0 bridgehead atoms. The Hall–Kier alpha value is -1.73. The van der Waals surface area contributed by atoms with Crippen molar-refractivity contribution in [1.29, 1.82) is 0 Å². The smallest absolute Gasteiger partial charge is 0.271 e. The quantitative estimate of drug-likeness (QED) is 0.721. The Labute approximate surface area is 142 Å². The minimum atomic E-state index is -0.304. The van der Waals surface area contributed by atoms with Crippen LogP contribution in [-0.2, 0) is 16.0 Å². The standard InChI is InChI=1S/C17H27N3O4/c1-13-5-3-4-6-15(13)24-11-9-18-17(22)14-7-8-16(21)20(19-14)10-12-23-2/h7-8,13,15H,3-6,9-12H2,1-2H3,(H,18,22)/t13-,15+/m1/s1. The lowest BCUT2D eigenvalue weighted by molar-refractivity contribution is -0.00295. The molecule has 2 rings (SSSR count). The average Bonchev–Trinajstić information content (AvgIpc) is 2.59. The highest BCUT2D eigenvalue weighted by atomic mass is 16.5. The first-order chi connectivity index (χ1) is 11.6. The van der Waals surface area contributed by atoms with E-state index < -0.39 is 0 Å². The van der Waals surface area contributed by atoms with E-state index in [0.717, 1.165) is 6.42 Å². The van der Waals surface area contributed by atoms with Crippen LogP contribution in [-0.4, -0.2) is 48.7 Å². The molecule has 1 aliphatic rings. The third kappa shape index (κ3) is 5.42. The maximum Gasteiger partial charge on any atom is 0.271 e. The van der Waals surface area contributed by atoms with Crippen molar-refractivity contribution < 1.29 is 14.3 Å². The van der Waals surface area contributed by atoms with Gasteiger partial charge in [0.15, 0.2) is 0 Å². The van der Waals surface area contributed by atoms with Crippen LogP contribution in [0.4, 0.5) is 0 Å². The second kappa shape index (κ2) is 9.54. The van der Waals surface area contributed by atoms with Crippen LogP contribution in [0.25, 0.3) is 0 Å². The molecule has 1 heterocycles. The lowest BCUT2D eigenvalue weighted by atomic mass is 9.88. The zero-order chi connectivity index (χ0) is 17.4. The minimum Gasteiger partial charge on any atom is -0.383 e. The van der Waals surface area contributed by atoms with E-state index >= 15 is 0 Å². The molecule has 0 spiro atoms. The fraction of sp³-hybridized carbons (Fsp3) is 0.706. The van der Waals surface area contributed by atoms with E-state index in [1.54, 1.807) is 7.11 Å². The summed E-state index contributed by atoms with van der Waals surface area (Å²) in [5.41, 5.74) is -0.0324. The Morgan fingerprint density at radius 2 is 2.12 bits per heavy atom. The molecule has 24 heavy (non-hydrogen) atoms. The Bertz CT molecular complexity index is 587. The summed E-state index contributed by atoms with van der Waals surface area (Å²) in [6.45, 7) is 3.82. The number of aromatic nitrogens is 2. The van der Waals surface area contributed by atoms with Crippen molar-refractivity contribution in [2.24, 2.45) is 5.92 Å². The van der Waals surface area contributed by atoms with Crippen molar-refractivity contribution in [2.75, 3.05) is 26.9 Å². The maximum atomic E-state index is 12.1. The number of carbonyl (C=O) groups is 1. The topological polar surface area (TPSA) is 82.5 Å². The van der Waals surface area contributed by atoms with E-state index in [1.807, 2.05) is 0 Å². The molecule has 0 saturated heterocycles. The van der Waals surface area contributed by atoms with E-state index in [-0.39, 0.29) is 17.2 Å². The third-order valence-corrected chi connectivity index (χ3v) is 4.36. The molecule has 2 atom stereocenters. The van der Waals surface area contributed by atoms with E-state index in [9.17, 15) is 9.59 Å². The molecule has 1 aliphatic carbocycles. The highest BCUT2D eigenvalue weighted by Crippen LogP contribution is 2.25. The molecule has 1 aromatic heterocycles. The van der Waals surface area contributed by atoms with Crippen molar-refractivity contribution >= 4 is 5.91 Å². The maximum absolute atomic E-state index is 12.1. The zero-order valence-corrected chi connectivity index (χ0v) is 14.5. The summed E-state index contributed by atoms with van der Waals surface area (Å²) in [5.74, 6) is 0.280. The average molecular weight is 337 g/mol. The first kappa shape index (κ1) is 18.6. The summed E-state index contributed by atoms with van der Waals surface area (Å²) in [6.07, 6.45) is 5.10. The number of rotatable bonds is 8. The fourth-order valence-electron chi connectivity index (χ4n) is 2.90. The molecule has 7 heteroatoms. The molecule has 0 radical (unpaired) electrons. The predicted octanol–water partition coefficient (Wildman–Crippen LogP) is 1.21. The second-order valence-corrected chi connectivity index (χ2v) is 6.20. The number of methoxy groups -OCH3 is 1. The van der Waals surface area contributed by atoms with Gasteiger partial charge in [0.1, 0.15) is 5.69 Å². The van der Waals surface area contributed by atoms with Gasteiger partial charge in [-0.25, -0.2) is 4.68 Å². The molecule has 0 aromatic carbocycles. The van der Waals surface area contributed by atoms with Gasteiger partial charge >= 0.3 is 0 Å². The first-order valence-electron chi connectivity index (χ1n) is 8.58. The lowest BCUT2D eigenvalue weighted by Gasteiger charge is -2.28. The van der Waals surface area contributed by atoms with Crippen LogP contribution in [0.5, 0.6) is 0 Å². The predicted molar refractivity (Wildman–Crippen MR) is 90.1 cm³/mol. The van der Waals surface area contributed by atoms with Crippen LogP contribution in [0.15, 0.2) is 16.9 Å². The molecule has 1 N–H and O–H groups in total. The SMILES string of the molecule is COCCn1nc(C(=O)NCCO[C@H]2CCCC[C@H]2C)ccc1=O. The molecule has 1 amide bonds. The molecular formula is C17H27N3O4. The Kier molecular flexibility index (Phi) is 7.39. The van der Waals surface area contributed by atoms with Crippen LogP contribution in [0.1, 0.15) is 43.1 Å². The van der Waals surface area contributed by atoms with Crippen LogP contribution in [0.3, 0.4) is 0 Å². The van der Waals surface area contributed by atoms with Crippen LogP contribution < -0.4 is 10.9 Å². The van der Waals surface area contributed by atoms with Gasteiger partial charge in [-0.05, 0) is 24.8 Å². The number of ether oxygens (including phenoxy) is 2. The van der Waals surface area contributed by atoms with Gasteiger partial charge < -0.3 is 14.8 Å². The molecule has 134 valence electrons. The third-order valence-electron chi connectivity index (χ3n) is 4.36. The van der Waals surface area contributed by atoms with E-state index in [2.05, 4.69) is 17.3 Å². The normalized spacial score (nSPS) is 20.8. The minimum absolute atomic E-state index is 0.219. The van der Waals surface area contributed by atoms with Crippen molar-refractivity contribution in [3.05, 3.63) is 28.2 Å². The number of amides is 1. The summed E-state index contributed by atoms with van der Waals surface area (Å²) in [4.78, 5) is 23.8. The highest BCUT2D eigenvalue weighted by Gasteiger charge is 2.21. The lowest BCUT2D eigenvalue weighted by Crippen LogP contribution is -2.33. The van der Waals surface area contributed by atoms with Gasteiger partial charge in [-0.1, -0.05) is 19.8 Å². The zero-order valence-electron chi connectivity index (χ0n) is 14.5. The van der Waals surface area contributed by atoms with E-state index in [0.29, 0.717) is 38.3 Å². The van der Waals surface area contributed by atoms with Gasteiger partial charge in [0.05, 0.1) is 25.9 Å². The van der Waals surface area contributed by atoms with Crippen molar-refractivity contribution in [3.63, 3.8) is 0 Å². The summed E-state index contributed by atoms with van der Waals surface area (Å²) in [6, 6.07) is 2.78. The molecule has 1 saturated carbocycles. The Morgan fingerprint density at radius 3 is 2.88 bits per heavy atom. The van der Waals surface area contributed by atoms with Gasteiger partial charge in [-0.3, -0.25) is 9.59 Å². The number of hydrogen-bond donors (Lipinski definition) is 1. The molecule has 1 fully saturated rings. The van der Waals surface area contributed by atoms with Crippen LogP contribution in [0, 0.1) is 5.92 Å². The number of hydrogen-bond acceptors (Lipinski definition) is 5. The largest absolute Gasteiger partial charge is 0.383 e. The van der Waals surface area contributed by atoms with Gasteiger partial charge in [0.25, 0.3) is 11.5 Å².